The monoisotopic (exact) mass is 385 g/mol. The average Bonchev–Trinajstić information content (AvgIpc) is 2.67. The van der Waals surface area contributed by atoms with E-state index >= 15 is 0 Å². The maximum Gasteiger partial charge on any atom is 0.223 e. The summed E-state index contributed by atoms with van der Waals surface area (Å²) in [6, 6.07) is 6.15. The van der Waals surface area contributed by atoms with Crippen molar-refractivity contribution in [2.45, 2.75) is 63.9 Å². The molecule has 28 heavy (non-hydrogen) atoms. The molecule has 4 aliphatic carbocycles. The van der Waals surface area contributed by atoms with Crippen LogP contribution in [0.4, 0.5) is 4.39 Å². The fraction of sp³-hybridized carbons (Fsp3) is 0.708. The van der Waals surface area contributed by atoms with Gasteiger partial charge in [0.1, 0.15) is 5.82 Å². The molecule has 0 spiro atoms. The number of likely N-dealkylation sites (tertiary alicyclic amines) is 1. The van der Waals surface area contributed by atoms with Crippen molar-refractivity contribution in [3.63, 3.8) is 0 Å². The fourth-order valence-electron chi connectivity index (χ4n) is 7.34. The van der Waals surface area contributed by atoms with Gasteiger partial charge < -0.3 is 10.0 Å². The maximum absolute atomic E-state index is 13.1. The van der Waals surface area contributed by atoms with Crippen molar-refractivity contribution in [1.29, 1.82) is 0 Å². The normalized spacial score (nSPS) is 35.9. The van der Waals surface area contributed by atoms with Crippen LogP contribution in [0.1, 0.15) is 69.5 Å². The minimum absolute atomic E-state index is 0.147. The summed E-state index contributed by atoms with van der Waals surface area (Å²) in [4.78, 5) is 15.1. The van der Waals surface area contributed by atoms with Gasteiger partial charge in [-0.3, -0.25) is 4.79 Å². The van der Waals surface area contributed by atoms with Gasteiger partial charge in [-0.25, -0.2) is 4.39 Å². The molecule has 4 saturated carbocycles. The van der Waals surface area contributed by atoms with Crippen LogP contribution in [0.25, 0.3) is 0 Å². The molecule has 0 aromatic heterocycles. The van der Waals surface area contributed by atoms with E-state index in [1.54, 1.807) is 12.1 Å². The largest absolute Gasteiger partial charge is 0.388 e. The zero-order valence-corrected chi connectivity index (χ0v) is 16.7. The minimum atomic E-state index is -0.569. The van der Waals surface area contributed by atoms with E-state index in [1.807, 2.05) is 4.90 Å². The van der Waals surface area contributed by atoms with Gasteiger partial charge in [0.05, 0.1) is 6.10 Å². The van der Waals surface area contributed by atoms with Gasteiger partial charge in [-0.2, -0.15) is 0 Å². The highest BCUT2D eigenvalue weighted by Gasteiger charge is 2.51. The Morgan fingerprint density at radius 3 is 2.11 bits per heavy atom. The number of benzene rings is 1. The SMILES string of the molecule is O=C(CC12CC3CC(CC(C3)C1)C2)N1CCC(C(O)c2ccc(F)cc2)CC1. The van der Waals surface area contributed by atoms with Crippen molar-refractivity contribution in [2.24, 2.45) is 29.1 Å². The molecule has 0 radical (unpaired) electrons. The molecule has 4 heteroatoms. The van der Waals surface area contributed by atoms with Gasteiger partial charge in [-0.1, -0.05) is 12.1 Å². The number of hydrogen-bond donors (Lipinski definition) is 1. The summed E-state index contributed by atoms with van der Waals surface area (Å²) in [6.07, 6.45) is 9.93. The third kappa shape index (κ3) is 3.49. The van der Waals surface area contributed by atoms with Crippen LogP contribution in [0.15, 0.2) is 24.3 Å². The van der Waals surface area contributed by atoms with Gasteiger partial charge in [0.2, 0.25) is 5.91 Å². The molecular formula is C24H32FNO2. The Labute approximate surface area is 167 Å². The zero-order valence-electron chi connectivity index (χ0n) is 16.7. The minimum Gasteiger partial charge on any atom is -0.388 e. The molecule has 1 unspecified atom stereocenters. The molecule has 1 N–H and O–H groups in total. The molecule has 152 valence electrons. The second kappa shape index (κ2) is 7.12. The van der Waals surface area contributed by atoms with E-state index < -0.39 is 6.10 Å². The van der Waals surface area contributed by atoms with Crippen molar-refractivity contribution >= 4 is 5.91 Å². The summed E-state index contributed by atoms with van der Waals surface area (Å²) >= 11 is 0. The molecule has 5 aliphatic rings. The quantitative estimate of drug-likeness (QED) is 0.816. The lowest BCUT2D eigenvalue weighted by Gasteiger charge is -2.57. The highest BCUT2D eigenvalue weighted by molar-refractivity contribution is 5.77. The van der Waals surface area contributed by atoms with Gasteiger partial charge in [0.25, 0.3) is 0 Å². The van der Waals surface area contributed by atoms with Gasteiger partial charge in [0, 0.05) is 19.5 Å². The first-order valence-electron chi connectivity index (χ1n) is 11.2. The molecule has 5 fully saturated rings. The molecule has 4 bridgehead atoms. The lowest BCUT2D eigenvalue weighted by atomic mass is 9.49. The second-order valence-electron chi connectivity index (χ2n) is 10.3. The Morgan fingerprint density at radius 1 is 1.04 bits per heavy atom. The number of aliphatic hydroxyl groups is 1. The fourth-order valence-corrected chi connectivity index (χ4v) is 7.34. The Bertz CT molecular complexity index is 687. The maximum atomic E-state index is 13.1. The van der Waals surface area contributed by atoms with Crippen LogP contribution in [0.3, 0.4) is 0 Å². The number of nitrogens with zero attached hydrogens (tertiary/aromatic N) is 1. The molecule has 6 rings (SSSR count). The highest BCUT2D eigenvalue weighted by atomic mass is 19.1. The van der Waals surface area contributed by atoms with E-state index in [0.29, 0.717) is 11.3 Å². The van der Waals surface area contributed by atoms with E-state index in [0.717, 1.165) is 55.7 Å². The van der Waals surface area contributed by atoms with Crippen LogP contribution in [0.5, 0.6) is 0 Å². The topological polar surface area (TPSA) is 40.5 Å². The van der Waals surface area contributed by atoms with Crippen LogP contribution in [-0.2, 0) is 4.79 Å². The first kappa shape index (κ1) is 18.6. The van der Waals surface area contributed by atoms with E-state index in [9.17, 15) is 14.3 Å². The first-order chi connectivity index (χ1) is 13.5. The number of carbonyl (C=O) groups excluding carboxylic acids is 1. The molecule has 1 atom stereocenters. The summed E-state index contributed by atoms with van der Waals surface area (Å²) in [6.45, 7) is 1.49. The van der Waals surface area contributed by atoms with Crippen molar-refractivity contribution in [2.75, 3.05) is 13.1 Å². The smallest absolute Gasteiger partial charge is 0.223 e. The Balaban J connectivity index is 1.17. The predicted molar refractivity (Wildman–Crippen MR) is 106 cm³/mol. The van der Waals surface area contributed by atoms with Crippen LogP contribution in [-0.4, -0.2) is 29.0 Å². The van der Waals surface area contributed by atoms with Gasteiger partial charge in [-0.05, 0) is 98.1 Å². The van der Waals surface area contributed by atoms with E-state index in [4.69, 9.17) is 0 Å². The molecule has 1 aromatic carbocycles. The number of aliphatic hydroxyl groups excluding tert-OH is 1. The predicted octanol–water partition coefficient (Wildman–Crippen LogP) is 4.70. The lowest BCUT2D eigenvalue weighted by Crippen LogP contribution is -2.49. The third-order valence-corrected chi connectivity index (χ3v) is 8.24. The van der Waals surface area contributed by atoms with Crippen LogP contribution < -0.4 is 0 Å². The van der Waals surface area contributed by atoms with Gasteiger partial charge in [-0.15, -0.1) is 0 Å². The molecule has 1 saturated heterocycles. The van der Waals surface area contributed by atoms with Gasteiger partial charge in [0.15, 0.2) is 0 Å². The van der Waals surface area contributed by atoms with E-state index in [1.165, 1.54) is 50.7 Å². The first-order valence-corrected chi connectivity index (χ1v) is 11.2. The van der Waals surface area contributed by atoms with E-state index in [2.05, 4.69) is 0 Å². The standard InChI is InChI=1S/C24H32FNO2/c25-21-3-1-19(2-4-21)23(28)20-5-7-26(8-6-20)22(27)15-24-12-16-9-17(13-24)11-18(10-16)14-24/h1-4,16-18,20,23,28H,5-15H2. The molecule has 1 amide bonds. The second-order valence-corrected chi connectivity index (χ2v) is 10.3. The molecule has 1 aliphatic heterocycles. The number of carbonyl (C=O) groups is 1. The van der Waals surface area contributed by atoms with E-state index in [-0.39, 0.29) is 11.7 Å². The summed E-state index contributed by atoms with van der Waals surface area (Å²) in [5, 5.41) is 10.6. The Morgan fingerprint density at radius 2 is 1.57 bits per heavy atom. The number of hydrogen-bond acceptors (Lipinski definition) is 2. The van der Waals surface area contributed by atoms with Crippen LogP contribution in [0, 0.1) is 34.9 Å². The molecular weight excluding hydrogens is 353 g/mol. The lowest BCUT2D eigenvalue weighted by molar-refractivity contribution is -0.141. The summed E-state index contributed by atoms with van der Waals surface area (Å²) in [5.74, 6) is 2.87. The third-order valence-electron chi connectivity index (χ3n) is 8.24. The number of amides is 1. The molecule has 1 aromatic rings. The summed E-state index contributed by atoms with van der Waals surface area (Å²) in [5.41, 5.74) is 1.08. The zero-order chi connectivity index (χ0) is 19.3. The highest BCUT2D eigenvalue weighted by Crippen LogP contribution is 2.61. The number of halogens is 1. The summed E-state index contributed by atoms with van der Waals surface area (Å²) < 4.78 is 13.1. The van der Waals surface area contributed by atoms with Crippen LogP contribution in [0.2, 0.25) is 0 Å². The number of rotatable bonds is 4. The summed E-state index contributed by atoms with van der Waals surface area (Å²) in [7, 11) is 0. The van der Waals surface area contributed by atoms with Crippen LogP contribution >= 0.6 is 0 Å². The van der Waals surface area contributed by atoms with Crippen molar-refractivity contribution < 1.29 is 14.3 Å². The molecule has 3 nitrogen and oxygen atoms in total. The van der Waals surface area contributed by atoms with Crippen molar-refractivity contribution in [1.82, 2.24) is 4.90 Å². The number of piperidine rings is 1. The molecule has 1 heterocycles. The van der Waals surface area contributed by atoms with Gasteiger partial charge >= 0.3 is 0 Å². The average molecular weight is 386 g/mol. The van der Waals surface area contributed by atoms with Crippen molar-refractivity contribution in [3.8, 4) is 0 Å². The Kier molecular flexibility index (Phi) is 4.73. The van der Waals surface area contributed by atoms with Crippen molar-refractivity contribution in [3.05, 3.63) is 35.6 Å². The Hall–Kier alpha value is -1.42.